The number of hydrogen-bond donors (Lipinski definition) is 1. The maximum Gasteiger partial charge on any atom is 0.239 e. The molecule has 3 aromatic rings. The van der Waals surface area contributed by atoms with Gasteiger partial charge in [-0.05, 0) is 26.0 Å². The average molecular weight is 366 g/mol. The van der Waals surface area contributed by atoms with E-state index in [4.69, 9.17) is 0 Å². The van der Waals surface area contributed by atoms with Gasteiger partial charge in [-0.2, -0.15) is 0 Å². The van der Waals surface area contributed by atoms with Gasteiger partial charge in [0.2, 0.25) is 11.9 Å². The minimum absolute atomic E-state index is 0.0720. The Hall–Kier alpha value is -3.07. The molecule has 0 saturated carbocycles. The second-order valence-corrected chi connectivity index (χ2v) is 6.70. The SMILES string of the molecule is Cc1cc(C)n2nc(NC(=O)CN3CCN(c4ncccn4)CC3)cc2n1. The van der Waals surface area contributed by atoms with Crippen molar-refractivity contribution < 1.29 is 4.79 Å². The smallest absolute Gasteiger partial charge is 0.239 e. The Morgan fingerprint density at radius 1 is 1.11 bits per heavy atom. The van der Waals surface area contributed by atoms with Gasteiger partial charge in [0.25, 0.3) is 0 Å². The molecule has 1 aliphatic rings. The van der Waals surface area contributed by atoms with Crippen LogP contribution in [0.1, 0.15) is 11.4 Å². The highest BCUT2D eigenvalue weighted by atomic mass is 16.2. The molecule has 0 radical (unpaired) electrons. The third kappa shape index (κ3) is 3.87. The maximum atomic E-state index is 12.4. The first-order valence-electron chi connectivity index (χ1n) is 8.97. The number of nitrogens with one attached hydrogen (secondary N) is 1. The highest BCUT2D eigenvalue weighted by Crippen LogP contribution is 2.13. The normalized spacial score (nSPS) is 15.3. The zero-order valence-corrected chi connectivity index (χ0v) is 15.5. The van der Waals surface area contributed by atoms with Gasteiger partial charge in [0.1, 0.15) is 0 Å². The van der Waals surface area contributed by atoms with Crippen LogP contribution in [0.2, 0.25) is 0 Å². The fraction of sp³-hybridized carbons (Fsp3) is 0.389. The van der Waals surface area contributed by atoms with Gasteiger partial charge in [0, 0.05) is 56.0 Å². The van der Waals surface area contributed by atoms with Crippen LogP contribution < -0.4 is 10.2 Å². The summed E-state index contributed by atoms with van der Waals surface area (Å²) in [7, 11) is 0. The molecule has 4 heterocycles. The average Bonchev–Trinajstić information content (AvgIpc) is 3.05. The van der Waals surface area contributed by atoms with Crippen molar-refractivity contribution in [1.29, 1.82) is 0 Å². The Morgan fingerprint density at radius 3 is 2.59 bits per heavy atom. The van der Waals surface area contributed by atoms with Crippen molar-refractivity contribution in [2.75, 3.05) is 42.9 Å². The van der Waals surface area contributed by atoms with E-state index < -0.39 is 0 Å². The Kier molecular flexibility index (Phi) is 4.68. The van der Waals surface area contributed by atoms with Crippen molar-refractivity contribution in [3.63, 3.8) is 0 Å². The van der Waals surface area contributed by atoms with Crippen LogP contribution in [0.5, 0.6) is 0 Å². The standard InChI is InChI=1S/C18H22N8O/c1-13-10-14(2)26-16(21-13)11-15(23-26)22-17(27)12-24-6-8-25(9-7-24)18-19-4-3-5-20-18/h3-5,10-11H,6-9,12H2,1-2H3,(H,22,23,27). The van der Waals surface area contributed by atoms with Gasteiger partial charge < -0.3 is 10.2 Å². The van der Waals surface area contributed by atoms with Crippen LogP contribution in [0.15, 0.2) is 30.6 Å². The van der Waals surface area contributed by atoms with Crippen LogP contribution in [0.3, 0.4) is 0 Å². The molecule has 1 amide bonds. The van der Waals surface area contributed by atoms with E-state index in [9.17, 15) is 4.79 Å². The molecule has 0 spiro atoms. The lowest BCUT2D eigenvalue weighted by atomic mass is 10.3. The summed E-state index contributed by atoms with van der Waals surface area (Å²) in [5.74, 6) is 1.19. The lowest BCUT2D eigenvalue weighted by Gasteiger charge is -2.34. The summed E-state index contributed by atoms with van der Waals surface area (Å²) in [4.78, 5) is 29.7. The van der Waals surface area contributed by atoms with E-state index in [-0.39, 0.29) is 5.91 Å². The minimum atomic E-state index is -0.0720. The fourth-order valence-corrected chi connectivity index (χ4v) is 3.29. The summed E-state index contributed by atoms with van der Waals surface area (Å²) in [6.45, 7) is 7.42. The number of amides is 1. The van der Waals surface area contributed by atoms with Gasteiger partial charge in [-0.1, -0.05) is 0 Å². The van der Waals surface area contributed by atoms with E-state index in [1.165, 1.54) is 0 Å². The first kappa shape index (κ1) is 17.3. The number of carbonyl (C=O) groups is 1. The fourth-order valence-electron chi connectivity index (χ4n) is 3.29. The summed E-state index contributed by atoms with van der Waals surface area (Å²) >= 11 is 0. The molecular weight excluding hydrogens is 344 g/mol. The summed E-state index contributed by atoms with van der Waals surface area (Å²) < 4.78 is 1.74. The lowest BCUT2D eigenvalue weighted by Crippen LogP contribution is -2.49. The predicted molar refractivity (Wildman–Crippen MR) is 102 cm³/mol. The van der Waals surface area contributed by atoms with Crippen LogP contribution in [-0.4, -0.2) is 68.1 Å². The Bertz CT molecular complexity index is 947. The molecule has 0 aromatic carbocycles. The maximum absolute atomic E-state index is 12.4. The molecule has 140 valence electrons. The molecule has 3 aromatic heterocycles. The highest BCUT2D eigenvalue weighted by Gasteiger charge is 2.21. The van der Waals surface area contributed by atoms with Crippen molar-refractivity contribution in [3.8, 4) is 0 Å². The largest absolute Gasteiger partial charge is 0.338 e. The van der Waals surface area contributed by atoms with E-state index in [1.807, 2.05) is 26.0 Å². The molecule has 1 saturated heterocycles. The number of rotatable bonds is 4. The third-order valence-electron chi connectivity index (χ3n) is 4.58. The van der Waals surface area contributed by atoms with E-state index in [0.717, 1.165) is 49.2 Å². The molecule has 9 heteroatoms. The number of nitrogens with zero attached hydrogens (tertiary/aromatic N) is 7. The molecule has 0 bridgehead atoms. The molecule has 0 unspecified atom stereocenters. The highest BCUT2D eigenvalue weighted by molar-refractivity contribution is 5.91. The zero-order valence-electron chi connectivity index (χ0n) is 15.5. The monoisotopic (exact) mass is 366 g/mol. The minimum Gasteiger partial charge on any atom is -0.338 e. The molecular formula is C18H22N8O. The molecule has 9 nitrogen and oxygen atoms in total. The number of fused-ring (bicyclic) bond motifs is 1. The predicted octanol–water partition coefficient (Wildman–Crippen LogP) is 0.897. The van der Waals surface area contributed by atoms with E-state index in [0.29, 0.717) is 12.4 Å². The number of hydrogen-bond acceptors (Lipinski definition) is 7. The van der Waals surface area contributed by atoms with E-state index >= 15 is 0 Å². The Labute approximate surface area is 157 Å². The van der Waals surface area contributed by atoms with Gasteiger partial charge in [-0.15, -0.1) is 5.10 Å². The molecule has 1 N–H and O–H groups in total. The van der Waals surface area contributed by atoms with Gasteiger partial charge in [0.15, 0.2) is 11.5 Å². The van der Waals surface area contributed by atoms with Crippen molar-refractivity contribution in [2.24, 2.45) is 0 Å². The van der Waals surface area contributed by atoms with Crippen LogP contribution in [0.25, 0.3) is 5.65 Å². The van der Waals surface area contributed by atoms with Crippen LogP contribution in [0.4, 0.5) is 11.8 Å². The first-order chi connectivity index (χ1) is 13.1. The van der Waals surface area contributed by atoms with Crippen molar-refractivity contribution in [1.82, 2.24) is 29.5 Å². The molecule has 4 rings (SSSR count). The van der Waals surface area contributed by atoms with Crippen molar-refractivity contribution in [3.05, 3.63) is 42.0 Å². The quantitative estimate of drug-likeness (QED) is 0.733. The Balaban J connectivity index is 1.33. The van der Waals surface area contributed by atoms with Gasteiger partial charge in [-0.3, -0.25) is 9.69 Å². The number of carbonyl (C=O) groups excluding carboxylic acids is 1. The third-order valence-corrected chi connectivity index (χ3v) is 4.58. The Morgan fingerprint density at radius 2 is 1.85 bits per heavy atom. The van der Waals surface area contributed by atoms with E-state index in [1.54, 1.807) is 23.0 Å². The number of aromatic nitrogens is 5. The van der Waals surface area contributed by atoms with Crippen LogP contribution in [0, 0.1) is 13.8 Å². The number of anilines is 2. The van der Waals surface area contributed by atoms with Crippen molar-refractivity contribution in [2.45, 2.75) is 13.8 Å². The van der Waals surface area contributed by atoms with Crippen LogP contribution in [-0.2, 0) is 4.79 Å². The second-order valence-electron chi connectivity index (χ2n) is 6.70. The number of aryl methyl sites for hydroxylation is 2. The van der Waals surface area contributed by atoms with Gasteiger partial charge in [-0.25, -0.2) is 19.5 Å². The molecule has 1 aliphatic heterocycles. The summed E-state index contributed by atoms with van der Waals surface area (Å²) in [6, 6.07) is 5.56. The number of piperazine rings is 1. The van der Waals surface area contributed by atoms with Gasteiger partial charge in [0.05, 0.1) is 6.54 Å². The topological polar surface area (TPSA) is 91.6 Å². The lowest BCUT2D eigenvalue weighted by molar-refractivity contribution is -0.117. The molecule has 0 aliphatic carbocycles. The van der Waals surface area contributed by atoms with Gasteiger partial charge >= 0.3 is 0 Å². The van der Waals surface area contributed by atoms with Crippen molar-refractivity contribution >= 4 is 23.3 Å². The first-order valence-corrected chi connectivity index (χ1v) is 8.97. The molecule has 27 heavy (non-hydrogen) atoms. The summed E-state index contributed by atoms with van der Waals surface area (Å²) in [5.41, 5.74) is 2.65. The summed E-state index contributed by atoms with van der Waals surface area (Å²) in [6.07, 6.45) is 3.49. The zero-order chi connectivity index (χ0) is 18.8. The van der Waals surface area contributed by atoms with Crippen LogP contribution >= 0.6 is 0 Å². The molecule has 1 fully saturated rings. The summed E-state index contributed by atoms with van der Waals surface area (Å²) in [5, 5.41) is 7.29. The van der Waals surface area contributed by atoms with E-state index in [2.05, 4.69) is 35.2 Å². The second kappa shape index (κ2) is 7.28. The molecule has 0 atom stereocenters.